The Labute approximate surface area is 606 Å². The van der Waals surface area contributed by atoms with Gasteiger partial charge in [-0.3, -0.25) is 0 Å². The van der Waals surface area contributed by atoms with Gasteiger partial charge in [-0.05, 0) is 227 Å². The van der Waals surface area contributed by atoms with Crippen LogP contribution in [0.3, 0.4) is 0 Å². The third-order valence-electron chi connectivity index (χ3n) is 24.6. The van der Waals surface area contributed by atoms with E-state index in [-0.39, 0.29) is 5.41 Å². The number of nitrogens with zero attached hydrogens (tertiary/aromatic N) is 2. The number of rotatable bonds is 10. The monoisotopic (exact) mass is 1320 g/mol. The minimum atomic E-state index is -0.771. The number of aryl methyl sites for hydroxylation is 2. The molecule has 0 fully saturated rings. The highest BCUT2D eigenvalue weighted by atomic mass is 15.2. The number of hydrogen-bond donors (Lipinski definition) is 0. The first-order valence-corrected chi connectivity index (χ1v) is 37.3. The van der Waals surface area contributed by atoms with Crippen molar-refractivity contribution in [2.24, 2.45) is 10.8 Å². The molecule has 0 amide bonds. The summed E-state index contributed by atoms with van der Waals surface area (Å²) in [4.78, 5) is 5.29. The molecule has 16 aromatic rings. The summed E-state index contributed by atoms with van der Waals surface area (Å²) in [5.74, 6) is 0. The van der Waals surface area contributed by atoms with Crippen LogP contribution in [0.4, 0.5) is 34.1 Å². The van der Waals surface area contributed by atoms with E-state index in [0.29, 0.717) is 0 Å². The highest BCUT2D eigenvalue weighted by Crippen LogP contribution is 2.76. The normalized spacial score (nSPS) is 16.3. The van der Waals surface area contributed by atoms with E-state index < -0.39 is 21.7 Å². The smallest absolute Gasteiger partial charge is 0.0543 e. The quantitative estimate of drug-likeness (QED) is 0.126. The molecule has 2 nitrogen and oxygen atoms in total. The largest absolute Gasteiger partial charge is 0.310 e. The van der Waals surface area contributed by atoms with Gasteiger partial charge in [0.2, 0.25) is 0 Å². The van der Waals surface area contributed by atoms with Gasteiger partial charge in [0.25, 0.3) is 0 Å². The summed E-state index contributed by atoms with van der Waals surface area (Å²) in [5.41, 5.74) is 25.4. The first kappa shape index (κ1) is 62.7. The van der Waals surface area contributed by atoms with Crippen molar-refractivity contribution in [2.45, 2.75) is 98.3 Å². The summed E-state index contributed by atoms with van der Waals surface area (Å²) < 4.78 is 0. The Kier molecular flexibility index (Phi) is 13.9. The van der Waals surface area contributed by atoms with Crippen LogP contribution < -0.4 is 9.80 Å². The molecule has 19 rings (SSSR count). The summed E-state index contributed by atoms with van der Waals surface area (Å²) >= 11 is 0. The zero-order chi connectivity index (χ0) is 70.1. The zero-order valence-corrected chi connectivity index (χ0v) is 60.7. The van der Waals surface area contributed by atoms with Crippen LogP contribution in [-0.4, -0.2) is 0 Å². The van der Waals surface area contributed by atoms with E-state index in [1.165, 1.54) is 154 Å². The van der Waals surface area contributed by atoms with Gasteiger partial charge in [0.1, 0.15) is 0 Å². The van der Waals surface area contributed by atoms with Crippen LogP contribution in [0.15, 0.2) is 303 Å². The highest BCUT2D eigenvalue weighted by Gasteiger charge is 2.71. The maximum Gasteiger partial charge on any atom is 0.0543 e. The van der Waals surface area contributed by atoms with Crippen molar-refractivity contribution in [3.63, 3.8) is 0 Å². The van der Waals surface area contributed by atoms with Crippen molar-refractivity contribution < 1.29 is 0 Å². The molecule has 0 saturated heterocycles. The van der Waals surface area contributed by atoms with Crippen LogP contribution in [0.1, 0.15) is 114 Å². The van der Waals surface area contributed by atoms with E-state index in [0.717, 1.165) is 47.0 Å². The Balaban J connectivity index is 0.942. The SMILES string of the molecule is CCc1ccccc1-c1ccc(N(c2ccc3ccc4ccccc4c3c2)c2cc3c(c4ccccc24)-c2ccccc2C3(C(C)(C)C)C2(C(C)(C)C)c3ccccc3-c3c2cc(N(c2ccc4c(c2)C(C)(C)c2ccccc2-4)c2ccc4ccc5ccccc5c4c2)c2ccccc32)cc1CC. The fraction of sp³-hybridized carbons (Fsp3) is 0.168. The molecule has 2 atom stereocenters. The molecule has 16 aromatic carbocycles. The molecule has 0 saturated carbocycles. The zero-order valence-electron chi connectivity index (χ0n) is 60.7. The molecule has 498 valence electrons. The summed E-state index contributed by atoms with van der Waals surface area (Å²) in [6.45, 7) is 24.9. The molecule has 0 aliphatic heterocycles. The molecule has 2 unspecified atom stereocenters. The van der Waals surface area contributed by atoms with Crippen molar-refractivity contribution in [3.05, 3.63) is 348 Å². The van der Waals surface area contributed by atoms with E-state index in [1.807, 2.05) is 0 Å². The lowest BCUT2D eigenvalue weighted by molar-refractivity contribution is 0.0595. The van der Waals surface area contributed by atoms with E-state index in [1.54, 1.807) is 0 Å². The maximum absolute atomic E-state index is 2.72. The van der Waals surface area contributed by atoms with Gasteiger partial charge < -0.3 is 9.80 Å². The van der Waals surface area contributed by atoms with Gasteiger partial charge in [0.15, 0.2) is 0 Å². The maximum atomic E-state index is 2.72. The van der Waals surface area contributed by atoms with Gasteiger partial charge >= 0.3 is 0 Å². The minimum absolute atomic E-state index is 0.234. The van der Waals surface area contributed by atoms with Crippen LogP contribution in [0.25, 0.3) is 109 Å². The first-order valence-electron chi connectivity index (χ1n) is 37.3. The molecule has 0 heterocycles. The molecular formula is C101H84N2. The number of benzene rings is 16. The Morgan fingerprint density at radius 3 is 1.08 bits per heavy atom. The van der Waals surface area contributed by atoms with Crippen LogP contribution in [0, 0.1) is 10.8 Å². The van der Waals surface area contributed by atoms with E-state index >= 15 is 0 Å². The molecule has 2 heteroatoms. The van der Waals surface area contributed by atoms with Gasteiger partial charge in [-0.15, -0.1) is 0 Å². The average Bonchev–Trinajstić information content (AvgIpc) is 1.48. The van der Waals surface area contributed by atoms with Gasteiger partial charge in [-0.1, -0.05) is 312 Å². The van der Waals surface area contributed by atoms with Crippen LogP contribution in [-0.2, 0) is 29.1 Å². The third kappa shape index (κ3) is 8.74. The van der Waals surface area contributed by atoms with Gasteiger partial charge in [-0.2, -0.15) is 0 Å². The van der Waals surface area contributed by atoms with Crippen LogP contribution >= 0.6 is 0 Å². The highest BCUT2D eigenvalue weighted by molar-refractivity contribution is 6.16. The molecule has 3 aliphatic rings. The van der Waals surface area contributed by atoms with Crippen molar-refractivity contribution in [1.29, 1.82) is 0 Å². The molecule has 0 bridgehead atoms. The summed E-state index contributed by atoms with van der Waals surface area (Å²) in [6, 6.07) is 118. The summed E-state index contributed by atoms with van der Waals surface area (Å²) in [6.07, 6.45) is 1.84. The second-order valence-corrected chi connectivity index (χ2v) is 32.0. The van der Waals surface area contributed by atoms with E-state index in [2.05, 4.69) is 382 Å². The molecule has 103 heavy (non-hydrogen) atoms. The van der Waals surface area contributed by atoms with Gasteiger partial charge in [-0.25, -0.2) is 0 Å². The van der Waals surface area contributed by atoms with Crippen LogP contribution in [0.2, 0.25) is 0 Å². The third-order valence-corrected chi connectivity index (χ3v) is 24.6. The van der Waals surface area contributed by atoms with Crippen molar-refractivity contribution in [1.82, 2.24) is 0 Å². The number of anilines is 6. The van der Waals surface area contributed by atoms with E-state index in [4.69, 9.17) is 0 Å². The fourth-order valence-electron chi connectivity index (χ4n) is 20.5. The van der Waals surface area contributed by atoms with Gasteiger partial charge in [0.05, 0.1) is 11.4 Å². The minimum Gasteiger partial charge on any atom is -0.310 e. The molecule has 0 N–H and O–H groups in total. The van der Waals surface area contributed by atoms with Crippen molar-refractivity contribution in [2.75, 3.05) is 9.80 Å². The Bertz CT molecular complexity index is 6240. The van der Waals surface area contributed by atoms with E-state index in [9.17, 15) is 0 Å². The molecule has 0 aromatic heterocycles. The van der Waals surface area contributed by atoms with Crippen LogP contribution in [0.5, 0.6) is 0 Å². The number of hydrogen-bond acceptors (Lipinski definition) is 2. The lowest BCUT2D eigenvalue weighted by Gasteiger charge is -2.62. The predicted octanol–water partition coefficient (Wildman–Crippen LogP) is 28.0. The topological polar surface area (TPSA) is 6.48 Å². The first-order chi connectivity index (χ1) is 50.0. The van der Waals surface area contributed by atoms with Crippen molar-refractivity contribution >= 4 is 98.8 Å². The predicted molar refractivity (Wildman–Crippen MR) is 440 cm³/mol. The Morgan fingerprint density at radius 2 is 0.592 bits per heavy atom. The second-order valence-electron chi connectivity index (χ2n) is 32.0. The fourth-order valence-corrected chi connectivity index (χ4v) is 20.5. The Morgan fingerprint density at radius 1 is 0.252 bits per heavy atom. The molecule has 0 spiro atoms. The second kappa shape index (κ2) is 22.8. The summed E-state index contributed by atoms with van der Waals surface area (Å²) in [7, 11) is 0. The standard InChI is InChI=1S/C101H84N2/c1-11-63-29-13-16-32-73(63)76-55-53-69(57-64(76)12-2)102(70-51-49-67-47-45-65-30-14-17-33-74(65)85(67)58-70)93-61-91-95(81-38-21-19-36-79(81)93)83-40-24-27-43-88(83)100(91,97(3,4)5)101(98(6,7)8)89-44-28-25-41-84(89)96-82-39-22-20-37-80(82)94(62-92(96)101)103(71-52-50-68-48-46-66-31-15-18-34-75(66)86(68)59-71)72-54-56-78-77-35-23-26-42-87(77)99(9,10)90(78)60-72/h13-62H,11-12H2,1-10H3. The molecule has 3 aliphatic carbocycles. The van der Waals surface area contributed by atoms with Crippen molar-refractivity contribution in [3.8, 4) is 44.5 Å². The van der Waals surface area contributed by atoms with Gasteiger partial charge in [0, 0.05) is 49.8 Å². The lowest BCUT2D eigenvalue weighted by atomic mass is 9.39. The molecular weight excluding hydrogens is 1240 g/mol. The average molecular weight is 1330 g/mol. The Hall–Kier alpha value is -11.3. The lowest BCUT2D eigenvalue weighted by Crippen LogP contribution is -2.62. The number of fused-ring (bicyclic) bond motifs is 19. The molecule has 0 radical (unpaired) electrons. The summed E-state index contributed by atoms with van der Waals surface area (Å²) in [5, 5.41) is 14.8.